The van der Waals surface area contributed by atoms with Gasteiger partial charge in [0.2, 0.25) is 0 Å². The van der Waals surface area contributed by atoms with Crippen molar-refractivity contribution in [3.05, 3.63) is 35.4 Å². The van der Waals surface area contributed by atoms with Crippen LogP contribution in [-0.4, -0.2) is 33.3 Å². The number of phenolic OH excluding ortho intramolecular Hbond substituents is 1. The number of phenols is 1. The molecule has 88 valence electrons. The topological polar surface area (TPSA) is 72.5 Å². The fourth-order valence-corrected chi connectivity index (χ4v) is 1.43. The third kappa shape index (κ3) is 2.54. The Kier molecular flexibility index (Phi) is 3.24. The molecule has 7 heteroatoms. The number of aromatic hydroxyl groups is 1. The van der Waals surface area contributed by atoms with Gasteiger partial charge in [-0.05, 0) is 17.7 Å². The van der Waals surface area contributed by atoms with Crippen LogP contribution < -0.4 is 4.74 Å². The highest BCUT2D eigenvalue weighted by atomic mass is 35.5. The lowest BCUT2D eigenvalue weighted by molar-refractivity contribution is 0.373. The van der Waals surface area contributed by atoms with Gasteiger partial charge in [0.05, 0.1) is 18.3 Å². The van der Waals surface area contributed by atoms with Crippen molar-refractivity contribution >= 4 is 17.8 Å². The standard InChI is InChI=1S/C10H9ClN4O2/c1-17-9-3-7(2-8(11)10(9)16)4-14-15-5-12-13-6-15/h2-6,16H,1H3/b14-4-. The molecule has 0 spiro atoms. The number of benzene rings is 1. The molecule has 1 N–H and O–H groups in total. The second-order valence-corrected chi connectivity index (χ2v) is 3.55. The van der Waals surface area contributed by atoms with Gasteiger partial charge in [0, 0.05) is 0 Å². The molecule has 0 aliphatic carbocycles. The van der Waals surface area contributed by atoms with Crippen LogP contribution in [0.25, 0.3) is 0 Å². The second-order valence-electron chi connectivity index (χ2n) is 3.14. The average molecular weight is 253 g/mol. The largest absolute Gasteiger partial charge is 0.503 e. The second kappa shape index (κ2) is 4.84. The third-order valence-electron chi connectivity index (χ3n) is 2.02. The lowest BCUT2D eigenvalue weighted by atomic mass is 10.2. The molecule has 0 amide bonds. The predicted octanol–water partition coefficient (Wildman–Crippen LogP) is 1.53. The van der Waals surface area contributed by atoms with Crippen molar-refractivity contribution in [1.29, 1.82) is 0 Å². The number of hydrogen-bond acceptors (Lipinski definition) is 5. The van der Waals surface area contributed by atoms with Gasteiger partial charge in [-0.1, -0.05) is 11.6 Å². The van der Waals surface area contributed by atoms with E-state index in [-0.39, 0.29) is 10.8 Å². The van der Waals surface area contributed by atoms with E-state index >= 15 is 0 Å². The molecule has 17 heavy (non-hydrogen) atoms. The van der Waals surface area contributed by atoms with Crippen LogP contribution in [0.2, 0.25) is 5.02 Å². The predicted molar refractivity (Wildman–Crippen MR) is 62.7 cm³/mol. The number of nitrogens with zero attached hydrogens (tertiary/aromatic N) is 4. The van der Waals surface area contributed by atoms with Crippen molar-refractivity contribution in [2.75, 3.05) is 7.11 Å². The maximum atomic E-state index is 9.55. The highest BCUT2D eigenvalue weighted by molar-refractivity contribution is 6.32. The molecule has 0 aliphatic heterocycles. The van der Waals surface area contributed by atoms with E-state index in [2.05, 4.69) is 15.3 Å². The fraction of sp³-hybridized carbons (Fsp3) is 0.100. The van der Waals surface area contributed by atoms with Gasteiger partial charge >= 0.3 is 0 Å². The van der Waals surface area contributed by atoms with Crippen LogP contribution in [0.3, 0.4) is 0 Å². The first-order valence-electron chi connectivity index (χ1n) is 4.66. The summed E-state index contributed by atoms with van der Waals surface area (Å²) in [6.45, 7) is 0. The van der Waals surface area contributed by atoms with Crippen molar-refractivity contribution in [1.82, 2.24) is 14.9 Å². The van der Waals surface area contributed by atoms with Gasteiger partial charge in [-0.2, -0.15) is 5.10 Å². The zero-order valence-electron chi connectivity index (χ0n) is 8.91. The number of aromatic nitrogens is 3. The molecule has 0 radical (unpaired) electrons. The molecule has 0 atom stereocenters. The molecule has 2 rings (SSSR count). The minimum Gasteiger partial charge on any atom is -0.503 e. The van der Waals surface area contributed by atoms with E-state index in [1.54, 1.807) is 18.3 Å². The first kappa shape index (κ1) is 11.4. The molecular formula is C10H9ClN4O2. The Morgan fingerprint density at radius 2 is 2.12 bits per heavy atom. The lowest BCUT2D eigenvalue weighted by Gasteiger charge is -2.05. The number of rotatable bonds is 3. The Balaban J connectivity index is 2.30. The molecular weight excluding hydrogens is 244 g/mol. The van der Waals surface area contributed by atoms with Crippen LogP contribution in [0.4, 0.5) is 0 Å². The highest BCUT2D eigenvalue weighted by Crippen LogP contribution is 2.34. The Bertz CT molecular complexity index is 539. The summed E-state index contributed by atoms with van der Waals surface area (Å²) in [6, 6.07) is 3.20. The molecule has 1 heterocycles. The summed E-state index contributed by atoms with van der Waals surface area (Å²) in [7, 11) is 1.45. The van der Waals surface area contributed by atoms with E-state index in [1.807, 2.05) is 0 Å². The van der Waals surface area contributed by atoms with E-state index in [0.717, 1.165) is 0 Å². The number of ether oxygens (including phenoxy) is 1. The minimum absolute atomic E-state index is 0.0874. The summed E-state index contributed by atoms with van der Waals surface area (Å²) in [6.07, 6.45) is 4.46. The van der Waals surface area contributed by atoms with Crippen LogP contribution in [0.5, 0.6) is 11.5 Å². The quantitative estimate of drug-likeness (QED) is 0.841. The van der Waals surface area contributed by atoms with Crippen LogP contribution >= 0.6 is 11.6 Å². The summed E-state index contributed by atoms with van der Waals surface area (Å²) in [5.74, 6) is 0.207. The van der Waals surface area contributed by atoms with E-state index < -0.39 is 0 Å². The molecule has 0 aliphatic rings. The van der Waals surface area contributed by atoms with Crippen molar-refractivity contribution < 1.29 is 9.84 Å². The first-order chi connectivity index (χ1) is 8.20. The normalized spacial score (nSPS) is 10.9. The number of methoxy groups -OCH3 is 1. The zero-order valence-corrected chi connectivity index (χ0v) is 9.66. The Hall–Kier alpha value is -2.08. The summed E-state index contributed by atoms with van der Waals surface area (Å²) < 4.78 is 6.41. The molecule has 0 bridgehead atoms. The molecule has 0 saturated carbocycles. The SMILES string of the molecule is COc1cc(/C=N\n2cnnc2)cc(Cl)c1O. The van der Waals surface area contributed by atoms with Gasteiger partial charge < -0.3 is 9.84 Å². The minimum atomic E-state index is -0.0874. The van der Waals surface area contributed by atoms with Gasteiger partial charge in [-0.3, -0.25) is 0 Å². The Morgan fingerprint density at radius 3 is 2.76 bits per heavy atom. The maximum Gasteiger partial charge on any atom is 0.176 e. The Labute approximate surface area is 102 Å². The van der Waals surface area contributed by atoms with Crippen LogP contribution in [0.1, 0.15) is 5.56 Å². The number of hydrogen-bond donors (Lipinski definition) is 1. The molecule has 0 saturated heterocycles. The van der Waals surface area contributed by atoms with Crippen molar-refractivity contribution in [2.24, 2.45) is 5.10 Å². The fourth-order valence-electron chi connectivity index (χ4n) is 1.21. The van der Waals surface area contributed by atoms with Gasteiger partial charge in [-0.25, -0.2) is 4.68 Å². The lowest BCUT2D eigenvalue weighted by Crippen LogP contribution is -1.90. The van der Waals surface area contributed by atoms with E-state index in [1.165, 1.54) is 24.4 Å². The first-order valence-corrected chi connectivity index (χ1v) is 5.04. The third-order valence-corrected chi connectivity index (χ3v) is 2.31. The van der Waals surface area contributed by atoms with Gasteiger partial charge in [0.25, 0.3) is 0 Å². The van der Waals surface area contributed by atoms with E-state index in [0.29, 0.717) is 11.3 Å². The summed E-state index contributed by atoms with van der Waals surface area (Å²) >= 11 is 5.84. The van der Waals surface area contributed by atoms with Crippen LogP contribution in [-0.2, 0) is 0 Å². The van der Waals surface area contributed by atoms with Gasteiger partial charge in [-0.15, -0.1) is 10.2 Å². The summed E-state index contributed by atoms with van der Waals surface area (Å²) in [5.41, 5.74) is 0.693. The molecule has 1 aromatic carbocycles. The average Bonchev–Trinajstić information content (AvgIpc) is 2.83. The molecule has 2 aromatic rings. The molecule has 1 aromatic heterocycles. The summed E-state index contributed by atoms with van der Waals surface area (Å²) in [5, 5.41) is 21.0. The monoisotopic (exact) mass is 252 g/mol. The van der Waals surface area contributed by atoms with Crippen molar-refractivity contribution in [3.63, 3.8) is 0 Å². The zero-order chi connectivity index (χ0) is 12.3. The Morgan fingerprint density at radius 1 is 1.41 bits per heavy atom. The van der Waals surface area contributed by atoms with Crippen LogP contribution in [0, 0.1) is 0 Å². The van der Waals surface area contributed by atoms with E-state index in [4.69, 9.17) is 16.3 Å². The smallest absolute Gasteiger partial charge is 0.176 e. The molecule has 0 unspecified atom stereocenters. The summed E-state index contributed by atoms with van der Waals surface area (Å²) in [4.78, 5) is 0. The maximum absolute atomic E-state index is 9.55. The van der Waals surface area contributed by atoms with Gasteiger partial charge in [0.1, 0.15) is 12.7 Å². The van der Waals surface area contributed by atoms with Crippen molar-refractivity contribution in [2.45, 2.75) is 0 Å². The van der Waals surface area contributed by atoms with Crippen molar-refractivity contribution in [3.8, 4) is 11.5 Å². The molecule has 6 nitrogen and oxygen atoms in total. The number of halogens is 1. The highest BCUT2D eigenvalue weighted by Gasteiger charge is 2.07. The molecule has 0 fully saturated rings. The van der Waals surface area contributed by atoms with Gasteiger partial charge in [0.15, 0.2) is 11.5 Å². The van der Waals surface area contributed by atoms with Crippen LogP contribution in [0.15, 0.2) is 29.9 Å². The van der Waals surface area contributed by atoms with E-state index in [9.17, 15) is 5.11 Å².